The molecule has 4 fully saturated rings. The van der Waals surface area contributed by atoms with Crippen LogP contribution in [0.25, 0.3) is 22.0 Å². The zero-order valence-electron chi connectivity index (χ0n) is 42.8. The number of amides is 1. The Balaban J connectivity index is 0.783. The van der Waals surface area contributed by atoms with Crippen molar-refractivity contribution in [2.45, 2.75) is 107 Å². The zero-order chi connectivity index (χ0) is 52.1. The largest absolute Gasteiger partial charge is 0.464 e. The molecule has 17 heteroatoms. The maximum Gasteiger partial charge on any atom is 0.293 e. The Morgan fingerprint density at radius 1 is 0.947 bits per heavy atom. The lowest BCUT2D eigenvalue weighted by Gasteiger charge is -2.58. The number of H-pyrrole nitrogens is 1. The molecule has 1 atom stereocenters. The number of nitro groups is 1. The van der Waals surface area contributed by atoms with Crippen LogP contribution < -0.4 is 19.7 Å². The number of benzene rings is 4. The van der Waals surface area contributed by atoms with Gasteiger partial charge in [0.1, 0.15) is 28.4 Å². The molecule has 4 aromatic carbocycles. The van der Waals surface area contributed by atoms with E-state index in [4.69, 9.17) is 9.15 Å². The number of aliphatic hydroxyl groups is 1. The smallest absolute Gasteiger partial charge is 0.293 e. The summed E-state index contributed by atoms with van der Waals surface area (Å²) in [7, 11) is -4.59. The second kappa shape index (κ2) is 20.4. The number of nitrogens with one attached hydrogen (secondary N) is 3. The van der Waals surface area contributed by atoms with Crippen molar-refractivity contribution >= 4 is 55.0 Å². The lowest BCUT2D eigenvalue weighted by Crippen LogP contribution is -2.60. The van der Waals surface area contributed by atoms with Crippen LogP contribution in [0, 0.1) is 21.4 Å². The van der Waals surface area contributed by atoms with E-state index in [0.29, 0.717) is 42.7 Å². The van der Waals surface area contributed by atoms with Gasteiger partial charge in [-0.1, -0.05) is 56.3 Å². The van der Waals surface area contributed by atoms with Crippen LogP contribution in [0.15, 0.2) is 125 Å². The van der Waals surface area contributed by atoms with Gasteiger partial charge in [0.2, 0.25) is 0 Å². The average Bonchev–Trinajstić information content (AvgIpc) is 4.09. The van der Waals surface area contributed by atoms with Gasteiger partial charge in [-0.25, -0.2) is 18.1 Å². The third kappa shape index (κ3) is 10.6. The van der Waals surface area contributed by atoms with Crippen LogP contribution in [0.1, 0.15) is 111 Å². The number of aromatic amines is 1. The second-order valence-electron chi connectivity index (χ2n) is 22.1. The fourth-order valence-electron chi connectivity index (χ4n) is 12.3. The molecule has 7 aromatic rings. The van der Waals surface area contributed by atoms with E-state index in [1.165, 1.54) is 28.8 Å². The normalized spacial score (nSPS) is 21.6. The minimum Gasteiger partial charge on any atom is -0.464 e. The Morgan fingerprint density at radius 3 is 2.53 bits per heavy atom. The predicted octanol–water partition coefficient (Wildman–Crippen LogP) is 10.9. The molecule has 1 unspecified atom stereocenters. The predicted molar refractivity (Wildman–Crippen MR) is 290 cm³/mol. The number of sulfonamides is 1. The summed E-state index contributed by atoms with van der Waals surface area (Å²) in [5.41, 5.74) is 5.76. The van der Waals surface area contributed by atoms with Gasteiger partial charge in [0.15, 0.2) is 0 Å². The van der Waals surface area contributed by atoms with Crippen LogP contribution in [-0.4, -0.2) is 95.0 Å². The van der Waals surface area contributed by atoms with Crippen LogP contribution >= 0.6 is 0 Å². The first-order chi connectivity index (χ1) is 36.1. The van der Waals surface area contributed by atoms with E-state index in [1.54, 1.807) is 36.9 Å². The van der Waals surface area contributed by atoms with Crippen LogP contribution in [0.4, 0.5) is 17.1 Å². The number of piperazine rings is 1. The van der Waals surface area contributed by atoms with Crippen molar-refractivity contribution < 1.29 is 32.4 Å². The van der Waals surface area contributed by atoms with E-state index in [0.717, 1.165) is 106 Å². The molecular weight excluding hydrogens is 969 g/mol. The standard InChI is InChI=1S/C58H66N8O8S/c1-38(2)47-9-4-5-10-48(47)52-37-63(36-42-8-6-7-40-18-28-73-54(40)42)26-27-65(52)44-32-58(33-44)21-24-64(25-22-58)43-11-13-49(53(30-43)74-45-29-41-17-23-59-55(41)61-35-45)56(67)62-75(71,72)46-12-14-50(51(31-46)66(69)70)60-34-39-15-19-57(3,68)20-16-39/h4-14,17-18,23,28-31,35,38-39,44,52,60,68H,15-16,19-22,24-27,32-34,36-37H2,1-3H3,(H,59,61)(H,62,67)/t39-,52?,57-. The lowest BCUT2D eigenvalue weighted by atomic mass is 9.59. The van der Waals surface area contributed by atoms with Gasteiger partial charge >= 0.3 is 0 Å². The van der Waals surface area contributed by atoms with Gasteiger partial charge in [0.05, 0.1) is 33.4 Å². The second-order valence-corrected chi connectivity index (χ2v) is 23.8. The van der Waals surface area contributed by atoms with Gasteiger partial charge in [0.25, 0.3) is 21.6 Å². The summed E-state index contributed by atoms with van der Waals surface area (Å²) in [6.45, 7) is 12.2. The summed E-state index contributed by atoms with van der Waals surface area (Å²) in [6, 6.07) is 30.6. The molecule has 0 radical (unpaired) electrons. The van der Waals surface area contributed by atoms with E-state index in [1.807, 2.05) is 25.1 Å². The summed E-state index contributed by atoms with van der Waals surface area (Å²) in [6.07, 6.45) is 12.2. The maximum atomic E-state index is 14.1. The molecule has 2 saturated carbocycles. The molecule has 5 heterocycles. The number of aromatic nitrogens is 2. The summed E-state index contributed by atoms with van der Waals surface area (Å²) in [5.74, 6) is 0.156. The number of para-hydroxylation sites is 1. The summed E-state index contributed by atoms with van der Waals surface area (Å²) in [4.78, 5) is 40.6. The van der Waals surface area contributed by atoms with Gasteiger partial charge in [-0.3, -0.25) is 24.7 Å². The number of nitro benzene ring substituents is 1. The van der Waals surface area contributed by atoms with Crippen molar-refractivity contribution in [3.05, 3.63) is 148 Å². The summed E-state index contributed by atoms with van der Waals surface area (Å²) < 4.78 is 42.2. The van der Waals surface area contributed by atoms with E-state index in [2.05, 4.69) is 91.0 Å². The monoisotopic (exact) mass is 1030 g/mol. The van der Waals surface area contributed by atoms with Crippen molar-refractivity contribution in [1.29, 1.82) is 0 Å². The van der Waals surface area contributed by atoms with Crippen LogP contribution in [0.2, 0.25) is 0 Å². The van der Waals surface area contributed by atoms with Gasteiger partial charge in [-0.05, 0) is 129 Å². The molecule has 1 amide bonds. The van der Waals surface area contributed by atoms with Crippen LogP contribution in [-0.2, 0) is 16.6 Å². The van der Waals surface area contributed by atoms with Crippen molar-refractivity contribution in [1.82, 2.24) is 24.5 Å². The highest BCUT2D eigenvalue weighted by atomic mass is 32.2. The number of carbonyl (C=O) groups is 1. The zero-order valence-corrected chi connectivity index (χ0v) is 43.7. The highest BCUT2D eigenvalue weighted by molar-refractivity contribution is 7.90. The molecule has 16 nitrogen and oxygen atoms in total. The molecule has 3 aromatic heterocycles. The van der Waals surface area contributed by atoms with Crippen molar-refractivity contribution in [2.75, 3.05) is 49.5 Å². The molecule has 4 aliphatic rings. The highest BCUT2D eigenvalue weighted by Crippen LogP contribution is 2.53. The van der Waals surface area contributed by atoms with Crippen molar-refractivity contribution in [3.8, 4) is 11.5 Å². The Hall–Kier alpha value is -6.79. The number of nitrogens with zero attached hydrogens (tertiary/aromatic N) is 5. The SMILES string of the molecule is CC(C)c1ccccc1C1CN(Cc2cccc3ccoc23)CCN1C1CC2(CCN(c3ccc(C(=O)NS(=O)(=O)c4ccc(NC[C@H]5CC[C@](C)(O)CC5)c([N+](=O)[O-])c4)c(Oc4cnc5[nH]ccc5c4)c3)CC2)C1. The molecule has 4 N–H and O–H groups in total. The molecule has 2 saturated heterocycles. The number of ether oxygens (including phenoxy) is 1. The number of hydrogen-bond donors (Lipinski definition) is 4. The third-order valence-corrected chi connectivity index (χ3v) is 18.0. The van der Waals surface area contributed by atoms with Crippen molar-refractivity contribution in [3.63, 3.8) is 0 Å². The first kappa shape index (κ1) is 50.4. The lowest BCUT2D eigenvalue weighted by molar-refractivity contribution is -0.384. The van der Waals surface area contributed by atoms with Gasteiger partial charge in [0, 0.05) is 98.2 Å². The van der Waals surface area contributed by atoms with Gasteiger partial charge in [-0.15, -0.1) is 0 Å². The average molecular weight is 1040 g/mol. The number of fused-ring (bicyclic) bond motifs is 2. The van der Waals surface area contributed by atoms with E-state index < -0.39 is 37.0 Å². The topological polar surface area (TPSA) is 199 Å². The quantitative estimate of drug-likeness (QED) is 0.0559. The fraction of sp³-hybridized carbons (Fsp3) is 0.414. The summed E-state index contributed by atoms with van der Waals surface area (Å²) in [5, 5.41) is 27.6. The van der Waals surface area contributed by atoms with E-state index in [-0.39, 0.29) is 34.4 Å². The van der Waals surface area contributed by atoms with E-state index in [9.17, 15) is 28.4 Å². The Bertz CT molecular complexity index is 3350. The first-order valence-corrected chi connectivity index (χ1v) is 27.9. The number of hydrogen-bond acceptors (Lipinski definition) is 13. The van der Waals surface area contributed by atoms with E-state index >= 15 is 0 Å². The number of carbonyl (C=O) groups excluding carboxylic acids is 1. The summed E-state index contributed by atoms with van der Waals surface area (Å²) >= 11 is 0. The Morgan fingerprint density at radius 2 is 1.75 bits per heavy atom. The number of pyridine rings is 1. The third-order valence-electron chi connectivity index (χ3n) is 16.7. The Kier molecular flexibility index (Phi) is 13.7. The van der Waals surface area contributed by atoms with Gasteiger partial charge in [-0.2, -0.15) is 0 Å². The number of piperidine rings is 1. The molecule has 11 rings (SSSR count). The van der Waals surface area contributed by atoms with Crippen molar-refractivity contribution in [2.24, 2.45) is 11.3 Å². The molecule has 2 aliphatic carbocycles. The molecule has 2 aliphatic heterocycles. The fourth-order valence-corrected chi connectivity index (χ4v) is 13.3. The first-order valence-electron chi connectivity index (χ1n) is 26.4. The minimum absolute atomic E-state index is 0.0298. The van der Waals surface area contributed by atoms with Crippen LogP contribution in [0.3, 0.4) is 0 Å². The number of furan rings is 1. The Labute approximate surface area is 437 Å². The van der Waals surface area contributed by atoms with Gasteiger partial charge < -0.3 is 29.5 Å². The number of anilines is 2. The maximum absolute atomic E-state index is 14.1. The molecule has 0 bridgehead atoms. The highest BCUT2D eigenvalue weighted by Gasteiger charge is 2.50. The van der Waals surface area contributed by atoms with Crippen LogP contribution in [0.5, 0.6) is 11.5 Å². The molecule has 392 valence electrons. The number of rotatable bonds is 15. The minimum atomic E-state index is -4.59. The molecule has 75 heavy (non-hydrogen) atoms. The molecule has 1 spiro atoms. The molecular formula is C58H66N8O8S.